The van der Waals surface area contributed by atoms with Crippen molar-refractivity contribution < 1.29 is 4.92 Å². The van der Waals surface area contributed by atoms with Gasteiger partial charge >= 0.3 is 0 Å². The zero-order chi connectivity index (χ0) is 23.5. The molecule has 0 fully saturated rings. The Labute approximate surface area is 195 Å². The van der Waals surface area contributed by atoms with E-state index >= 15 is 0 Å². The zero-order valence-corrected chi connectivity index (χ0v) is 18.2. The molecule has 0 amide bonds. The second kappa shape index (κ2) is 8.96. The van der Waals surface area contributed by atoms with Gasteiger partial charge in [-0.2, -0.15) is 0 Å². The summed E-state index contributed by atoms with van der Waals surface area (Å²) >= 11 is 0. The molecule has 2 aromatic heterocycles. The van der Waals surface area contributed by atoms with Crippen LogP contribution >= 0.6 is 0 Å². The van der Waals surface area contributed by atoms with Gasteiger partial charge in [0.1, 0.15) is 0 Å². The molecule has 4 aromatic carbocycles. The van der Waals surface area contributed by atoms with E-state index in [0.717, 1.165) is 44.4 Å². The minimum Gasteiger partial charge on any atom is -0.399 e. The van der Waals surface area contributed by atoms with Gasteiger partial charge in [0.05, 0.1) is 4.92 Å². The smallest absolute Gasteiger partial charge is 0.270 e. The Balaban J connectivity index is 0.000000142. The van der Waals surface area contributed by atoms with Crippen LogP contribution < -0.4 is 5.73 Å². The maximum Gasteiger partial charge on any atom is 0.270 e. The molecule has 0 bridgehead atoms. The first-order valence-electron chi connectivity index (χ1n) is 10.8. The van der Waals surface area contributed by atoms with Crippen molar-refractivity contribution >= 4 is 33.2 Å². The Kier molecular flexibility index (Phi) is 5.54. The maximum absolute atomic E-state index is 10.7. The maximum atomic E-state index is 10.7. The molecular weight excluding hydrogens is 424 g/mol. The van der Waals surface area contributed by atoms with Crippen LogP contribution in [0.3, 0.4) is 0 Å². The number of anilines is 1. The number of fused-ring (bicyclic) bond motifs is 2. The van der Waals surface area contributed by atoms with Crippen molar-refractivity contribution in [1.82, 2.24) is 9.97 Å². The lowest BCUT2D eigenvalue weighted by molar-refractivity contribution is -0.384. The number of H-pyrrole nitrogens is 2. The molecule has 2 heterocycles. The van der Waals surface area contributed by atoms with Crippen molar-refractivity contribution in [3.05, 3.63) is 119 Å². The third kappa shape index (κ3) is 4.38. The summed E-state index contributed by atoms with van der Waals surface area (Å²) < 4.78 is 0. The number of nitrogens with one attached hydrogen (secondary N) is 2. The van der Waals surface area contributed by atoms with E-state index in [2.05, 4.69) is 28.2 Å². The van der Waals surface area contributed by atoms with Crippen LogP contribution in [0, 0.1) is 10.1 Å². The van der Waals surface area contributed by atoms with Crippen LogP contribution in [0.15, 0.2) is 109 Å². The van der Waals surface area contributed by atoms with Crippen molar-refractivity contribution in [3.8, 4) is 22.5 Å². The summed E-state index contributed by atoms with van der Waals surface area (Å²) in [5, 5.41) is 12.7. The van der Waals surface area contributed by atoms with Gasteiger partial charge in [0.2, 0.25) is 0 Å². The van der Waals surface area contributed by atoms with E-state index in [0.29, 0.717) is 0 Å². The van der Waals surface area contributed by atoms with Gasteiger partial charge in [-0.1, -0.05) is 60.7 Å². The second-order valence-electron chi connectivity index (χ2n) is 7.97. The van der Waals surface area contributed by atoms with Crippen molar-refractivity contribution in [2.45, 2.75) is 0 Å². The highest BCUT2D eigenvalue weighted by Crippen LogP contribution is 2.27. The molecule has 0 radical (unpaired) electrons. The van der Waals surface area contributed by atoms with Crippen molar-refractivity contribution in [2.24, 2.45) is 0 Å². The molecule has 4 N–H and O–H groups in total. The summed E-state index contributed by atoms with van der Waals surface area (Å²) in [5.41, 5.74) is 13.0. The molecule has 0 saturated carbocycles. The van der Waals surface area contributed by atoms with Gasteiger partial charge in [0, 0.05) is 51.0 Å². The van der Waals surface area contributed by atoms with Gasteiger partial charge in [-0.3, -0.25) is 10.1 Å². The lowest BCUT2D eigenvalue weighted by Gasteiger charge is -1.95. The first-order valence-corrected chi connectivity index (χ1v) is 10.8. The summed E-state index contributed by atoms with van der Waals surface area (Å²) in [6.45, 7) is 0. The summed E-state index contributed by atoms with van der Waals surface area (Å²) in [7, 11) is 0. The average Bonchev–Trinajstić information content (AvgIpc) is 3.49. The summed E-state index contributed by atoms with van der Waals surface area (Å²) in [4.78, 5) is 17.0. The van der Waals surface area contributed by atoms with Gasteiger partial charge in [-0.25, -0.2) is 0 Å². The molecule has 0 atom stereocenters. The number of benzene rings is 4. The topological polar surface area (TPSA) is 101 Å². The molecular formula is C28H22N4O2. The SMILES string of the molecule is Nc1ccc2[nH]c(-c3ccccc3)cc2c1.O=[N+]([O-])c1ccc2[nH]c(-c3ccccc3)cc2c1. The van der Waals surface area contributed by atoms with Gasteiger partial charge in [-0.05, 0) is 47.5 Å². The average molecular weight is 447 g/mol. The van der Waals surface area contributed by atoms with E-state index in [1.807, 2.05) is 72.8 Å². The van der Waals surface area contributed by atoms with Crippen LogP contribution in [-0.4, -0.2) is 14.9 Å². The fourth-order valence-electron chi connectivity index (χ4n) is 3.93. The van der Waals surface area contributed by atoms with Crippen LogP contribution in [0.2, 0.25) is 0 Å². The summed E-state index contributed by atoms with van der Waals surface area (Å²) in [5.74, 6) is 0. The highest BCUT2D eigenvalue weighted by molar-refractivity contribution is 5.88. The normalized spacial score (nSPS) is 10.7. The number of hydrogen-bond acceptors (Lipinski definition) is 3. The molecule has 0 aliphatic rings. The molecule has 0 unspecified atom stereocenters. The number of nitrogens with zero attached hydrogens (tertiary/aromatic N) is 1. The summed E-state index contributed by atoms with van der Waals surface area (Å²) in [6, 6.07) is 34.9. The predicted octanol–water partition coefficient (Wildman–Crippen LogP) is 7.16. The third-order valence-electron chi connectivity index (χ3n) is 5.63. The fraction of sp³-hybridized carbons (Fsp3) is 0. The van der Waals surface area contributed by atoms with Gasteiger partial charge in [-0.15, -0.1) is 0 Å². The van der Waals surface area contributed by atoms with Crippen LogP contribution in [-0.2, 0) is 0 Å². The van der Waals surface area contributed by atoms with Crippen molar-refractivity contribution in [3.63, 3.8) is 0 Å². The molecule has 0 aliphatic heterocycles. The molecule has 0 spiro atoms. The lowest BCUT2D eigenvalue weighted by Crippen LogP contribution is -1.86. The molecule has 6 heteroatoms. The highest BCUT2D eigenvalue weighted by Gasteiger charge is 2.09. The standard InChI is InChI=1S/C14H10N2O2.C14H12N2/c17-16(18)12-6-7-13-11(8-12)9-14(15-13)10-4-2-1-3-5-10;15-12-6-7-13-11(8-12)9-14(16-13)10-4-2-1-3-5-10/h1-9,15H;1-9,16H,15H2. The number of nitrogen functional groups attached to an aromatic ring is 1. The molecule has 166 valence electrons. The first-order chi connectivity index (χ1) is 16.6. The van der Waals surface area contributed by atoms with E-state index in [1.54, 1.807) is 12.1 Å². The number of nitro benzene ring substituents is 1. The third-order valence-corrected chi connectivity index (χ3v) is 5.63. The number of rotatable bonds is 3. The number of hydrogen-bond donors (Lipinski definition) is 3. The molecule has 0 aliphatic carbocycles. The van der Waals surface area contributed by atoms with Crippen LogP contribution in [0.25, 0.3) is 44.3 Å². The first kappa shape index (κ1) is 21.0. The Hall–Kier alpha value is -4.84. The monoisotopic (exact) mass is 446 g/mol. The molecule has 0 saturated heterocycles. The lowest BCUT2D eigenvalue weighted by atomic mass is 10.1. The van der Waals surface area contributed by atoms with Crippen LogP contribution in [0.4, 0.5) is 11.4 Å². The largest absolute Gasteiger partial charge is 0.399 e. The van der Waals surface area contributed by atoms with Crippen LogP contribution in [0.5, 0.6) is 0 Å². The number of aromatic amines is 2. The Bertz CT molecular complexity index is 1590. The summed E-state index contributed by atoms with van der Waals surface area (Å²) in [6.07, 6.45) is 0. The molecule has 34 heavy (non-hydrogen) atoms. The molecule has 6 nitrogen and oxygen atoms in total. The van der Waals surface area contributed by atoms with E-state index < -0.39 is 0 Å². The minimum absolute atomic E-state index is 0.112. The highest BCUT2D eigenvalue weighted by atomic mass is 16.6. The second-order valence-corrected chi connectivity index (χ2v) is 7.97. The van der Waals surface area contributed by atoms with Crippen LogP contribution in [0.1, 0.15) is 0 Å². The number of aromatic nitrogens is 2. The Morgan fingerprint density at radius 3 is 1.65 bits per heavy atom. The van der Waals surface area contributed by atoms with Crippen molar-refractivity contribution in [1.29, 1.82) is 0 Å². The van der Waals surface area contributed by atoms with E-state index in [4.69, 9.17) is 5.73 Å². The Morgan fingerprint density at radius 1 is 0.618 bits per heavy atom. The minimum atomic E-state index is -0.380. The fourth-order valence-corrected chi connectivity index (χ4v) is 3.93. The van der Waals surface area contributed by atoms with E-state index in [9.17, 15) is 10.1 Å². The molecule has 6 rings (SSSR count). The van der Waals surface area contributed by atoms with Gasteiger partial charge in [0.25, 0.3) is 5.69 Å². The van der Waals surface area contributed by atoms with Gasteiger partial charge < -0.3 is 15.7 Å². The van der Waals surface area contributed by atoms with E-state index in [1.165, 1.54) is 11.6 Å². The number of non-ortho nitro benzene ring substituents is 1. The van der Waals surface area contributed by atoms with E-state index in [-0.39, 0.29) is 10.6 Å². The van der Waals surface area contributed by atoms with Gasteiger partial charge in [0.15, 0.2) is 0 Å². The number of nitro groups is 1. The number of nitrogens with two attached hydrogens (primary N) is 1. The Morgan fingerprint density at radius 2 is 1.12 bits per heavy atom. The zero-order valence-electron chi connectivity index (χ0n) is 18.2. The van der Waals surface area contributed by atoms with Crippen molar-refractivity contribution in [2.75, 3.05) is 5.73 Å². The predicted molar refractivity (Wildman–Crippen MR) is 139 cm³/mol. The molecule has 6 aromatic rings. The quantitative estimate of drug-likeness (QED) is 0.153.